The quantitative estimate of drug-likeness (QED) is 0.882. The third kappa shape index (κ3) is 3.46. The lowest BCUT2D eigenvalue weighted by atomic mass is 10.1. The second kappa shape index (κ2) is 6.99. The van der Waals surface area contributed by atoms with E-state index in [2.05, 4.69) is 39.9 Å². The SMILES string of the molecule is CCc1nn(CC)c(CC(N)Cc2ccccn2)c1Br. The van der Waals surface area contributed by atoms with Crippen LogP contribution in [0, 0.1) is 0 Å². The average Bonchev–Trinajstić information content (AvgIpc) is 2.76. The predicted octanol–water partition coefficient (Wildman–Crippen LogP) is 2.74. The van der Waals surface area contributed by atoms with Crippen molar-refractivity contribution in [3.05, 3.63) is 46.0 Å². The Morgan fingerprint density at radius 1 is 1.30 bits per heavy atom. The summed E-state index contributed by atoms with van der Waals surface area (Å²) in [5.74, 6) is 0. The van der Waals surface area contributed by atoms with Crippen LogP contribution in [0.15, 0.2) is 28.9 Å². The Hall–Kier alpha value is -1.20. The molecule has 0 aliphatic rings. The molecule has 2 heterocycles. The van der Waals surface area contributed by atoms with Crippen LogP contribution in [0.2, 0.25) is 0 Å². The molecule has 0 saturated heterocycles. The van der Waals surface area contributed by atoms with Gasteiger partial charge in [-0.15, -0.1) is 0 Å². The van der Waals surface area contributed by atoms with Crippen molar-refractivity contribution in [1.29, 1.82) is 0 Å². The van der Waals surface area contributed by atoms with Crippen LogP contribution in [0.4, 0.5) is 0 Å². The van der Waals surface area contributed by atoms with Crippen molar-refractivity contribution in [1.82, 2.24) is 14.8 Å². The topological polar surface area (TPSA) is 56.7 Å². The lowest BCUT2D eigenvalue weighted by Crippen LogP contribution is -2.27. The Kier molecular flexibility index (Phi) is 5.31. The summed E-state index contributed by atoms with van der Waals surface area (Å²) in [7, 11) is 0. The number of aryl methyl sites for hydroxylation is 2. The zero-order chi connectivity index (χ0) is 14.5. The summed E-state index contributed by atoms with van der Waals surface area (Å²) in [4.78, 5) is 4.33. The summed E-state index contributed by atoms with van der Waals surface area (Å²) >= 11 is 3.66. The molecule has 5 heteroatoms. The molecule has 0 amide bonds. The highest BCUT2D eigenvalue weighted by Crippen LogP contribution is 2.23. The monoisotopic (exact) mass is 336 g/mol. The highest BCUT2D eigenvalue weighted by atomic mass is 79.9. The third-order valence-corrected chi connectivity index (χ3v) is 4.26. The zero-order valence-electron chi connectivity index (χ0n) is 12.0. The van der Waals surface area contributed by atoms with Crippen LogP contribution in [0.3, 0.4) is 0 Å². The summed E-state index contributed by atoms with van der Waals surface area (Å²) < 4.78 is 3.15. The van der Waals surface area contributed by atoms with Crippen molar-refractivity contribution in [2.45, 2.75) is 45.7 Å². The Morgan fingerprint density at radius 2 is 2.10 bits per heavy atom. The van der Waals surface area contributed by atoms with E-state index in [1.54, 1.807) is 0 Å². The molecular formula is C15H21BrN4. The number of nitrogens with two attached hydrogens (primary N) is 1. The number of aromatic nitrogens is 3. The van der Waals surface area contributed by atoms with Gasteiger partial charge in [-0.05, 0) is 41.4 Å². The highest BCUT2D eigenvalue weighted by Gasteiger charge is 2.17. The van der Waals surface area contributed by atoms with Crippen LogP contribution < -0.4 is 5.73 Å². The zero-order valence-corrected chi connectivity index (χ0v) is 13.6. The van der Waals surface area contributed by atoms with E-state index in [9.17, 15) is 0 Å². The maximum atomic E-state index is 6.28. The molecule has 0 aromatic carbocycles. The first-order valence-electron chi connectivity index (χ1n) is 7.05. The summed E-state index contributed by atoms with van der Waals surface area (Å²) in [5.41, 5.74) is 9.61. The van der Waals surface area contributed by atoms with Gasteiger partial charge in [-0.2, -0.15) is 5.10 Å². The molecular weight excluding hydrogens is 316 g/mol. The minimum absolute atomic E-state index is 0.0490. The van der Waals surface area contributed by atoms with Crippen molar-refractivity contribution in [2.75, 3.05) is 0 Å². The fourth-order valence-electron chi connectivity index (χ4n) is 2.32. The Balaban J connectivity index is 2.11. The summed E-state index contributed by atoms with van der Waals surface area (Å²) in [6, 6.07) is 5.98. The van der Waals surface area contributed by atoms with Crippen LogP contribution >= 0.6 is 15.9 Å². The standard InChI is InChI=1S/C15H21BrN4/c1-3-13-15(16)14(20(4-2)19-13)10-11(17)9-12-7-5-6-8-18-12/h5-8,11H,3-4,9-10,17H2,1-2H3. The van der Waals surface area contributed by atoms with Gasteiger partial charge in [0, 0.05) is 37.3 Å². The number of hydrogen-bond donors (Lipinski definition) is 1. The van der Waals surface area contributed by atoms with E-state index >= 15 is 0 Å². The molecule has 2 rings (SSSR count). The normalized spacial score (nSPS) is 12.6. The number of nitrogens with zero attached hydrogens (tertiary/aromatic N) is 3. The van der Waals surface area contributed by atoms with Gasteiger partial charge < -0.3 is 5.73 Å². The van der Waals surface area contributed by atoms with Gasteiger partial charge in [-0.3, -0.25) is 9.67 Å². The molecule has 108 valence electrons. The van der Waals surface area contributed by atoms with Crippen molar-refractivity contribution >= 4 is 15.9 Å². The average molecular weight is 337 g/mol. The molecule has 0 spiro atoms. The minimum atomic E-state index is 0.0490. The van der Waals surface area contributed by atoms with Gasteiger partial charge in [0.15, 0.2) is 0 Å². The van der Waals surface area contributed by atoms with Gasteiger partial charge >= 0.3 is 0 Å². The molecule has 0 saturated carbocycles. The van der Waals surface area contributed by atoms with Crippen molar-refractivity contribution in [3.8, 4) is 0 Å². The largest absolute Gasteiger partial charge is 0.327 e. The van der Waals surface area contributed by atoms with Gasteiger partial charge in [-0.1, -0.05) is 13.0 Å². The van der Waals surface area contributed by atoms with Crippen LogP contribution in [-0.2, 0) is 25.8 Å². The lowest BCUT2D eigenvalue weighted by Gasteiger charge is -2.12. The smallest absolute Gasteiger partial charge is 0.0766 e. The maximum absolute atomic E-state index is 6.28. The van der Waals surface area contributed by atoms with Crippen molar-refractivity contribution in [3.63, 3.8) is 0 Å². The first-order chi connectivity index (χ1) is 9.65. The Bertz CT molecular complexity index is 551. The number of hydrogen-bond acceptors (Lipinski definition) is 3. The van der Waals surface area contributed by atoms with E-state index in [0.717, 1.165) is 41.7 Å². The van der Waals surface area contributed by atoms with Crippen molar-refractivity contribution < 1.29 is 0 Å². The van der Waals surface area contributed by atoms with Gasteiger partial charge in [0.25, 0.3) is 0 Å². The molecule has 2 aromatic rings. The third-order valence-electron chi connectivity index (χ3n) is 3.35. The summed E-state index contributed by atoms with van der Waals surface area (Å²) in [6.45, 7) is 5.08. The van der Waals surface area contributed by atoms with Gasteiger partial charge in [0.05, 0.1) is 15.9 Å². The Morgan fingerprint density at radius 3 is 2.70 bits per heavy atom. The first kappa shape index (κ1) is 15.2. The second-order valence-electron chi connectivity index (χ2n) is 4.87. The van der Waals surface area contributed by atoms with Gasteiger partial charge in [-0.25, -0.2) is 0 Å². The van der Waals surface area contributed by atoms with E-state index in [-0.39, 0.29) is 6.04 Å². The molecule has 2 N–H and O–H groups in total. The molecule has 0 bridgehead atoms. The van der Waals surface area contributed by atoms with Crippen LogP contribution in [-0.4, -0.2) is 20.8 Å². The molecule has 0 fully saturated rings. The van der Waals surface area contributed by atoms with Crippen molar-refractivity contribution in [2.24, 2.45) is 5.73 Å². The van der Waals surface area contributed by atoms with Crippen LogP contribution in [0.1, 0.15) is 30.9 Å². The van der Waals surface area contributed by atoms with E-state index < -0.39 is 0 Å². The first-order valence-corrected chi connectivity index (χ1v) is 7.84. The molecule has 1 atom stereocenters. The van der Waals surface area contributed by atoms with E-state index in [1.807, 2.05) is 29.1 Å². The minimum Gasteiger partial charge on any atom is -0.327 e. The Labute approximate surface area is 128 Å². The maximum Gasteiger partial charge on any atom is 0.0766 e. The molecule has 0 aliphatic carbocycles. The molecule has 4 nitrogen and oxygen atoms in total. The predicted molar refractivity (Wildman–Crippen MR) is 84.6 cm³/mol. The van der Waals surface area contributed by atoms with E-state index in [0.29, 0.717) is 0 Å². The fraction of sp³-hybridized carbons (Fsp3) is 0.467. The molecule has 20 heavy (non-hydrogen) atoms. The van der Waals surface area contributed by atoms with E-state index in [1.165, 1.54) is 5.69 Å². The summed E-state index contributed by atoms with van der Waals surface area (Å²) in [6.07, 6.45) is 4.32. The molecule has 0 radical (unpaired) electrons. The summed E-state index contributed by atoms with van der Waals surface area (Å²) in [5, 5.41) is 4.61. The highest BCUT2D eigenvalue weighted by molar-refractivity contribution is 9.10. The number of halogens is 1. The molecule has 0 aliphatic heterocycles. The molecule has 2 aromatic heterocycles. The van der Waals surface area contributed by atoms with Gasteiger partial charge in [0.1, 0.15) is 0 Å². The second-order valence-corrected chi connectivity index (χ2v) is 5.66. The molecule has 1 unspecified atom stereocenters. The van der Waals surface area contributed by atoms with E-state index in [4.69, 9.17) is 5.73 Å². The number of pyridine rings is 1. The van der Waals surface area contributed by atoms with Crippen LogP contribution in [0.25, 0.3) is 0 Å². The number of rotatable bonds is 6. The fourth-order valence-corrected chi connectivity index (χ4v) is 3.05. The van der Waals surface area contributed by atoms with Crippen LogP contribution in [0.5, 0.6) is 0 Å². The van der Waals surface area contributed by atoms with Gasteiger partial charge in [0.2, 0.25) is 0 Å². The lowest BCUT2D eigenvalue weighted by molar-refractivity contribution is 0.569.